The summed E-state index contributed by atoms with van der Waals surface area (Å²) in [6, 6.07) is 6.88. The van der Waals surface area contributed by atoms with Crippen molar-refractivity contribution in [3.8, 4) is 0 Å². The van der Waals surface area contributed by atoms with Gasteiger partial charge in [0.15, 0.2) is 0 Å². The molecule has 0 heterocycles. The Balaban J connectivity index is 2.54. The lowest BCUT2D eigenvalue weighted by atomic mass is 10.1. The summed E-state index contributed by atoms with van der Waals surface area (Å²) in [6.45, 7) is 6.98. The predicted molar refractivity (Wildman–Crippen MR) is 62.2 cm³/mol. The number of benzene rings is 1. The summed E-state index contributed by atoms with van der Waals surface area (Å²) in [4.78, 5) is 0. The van der Waals surface area contributed by atoms with Crippen LogP contribution in [-0.4, -0.2) is 6.54 Å². The van der Waals surface area contributed by atoms with Gasteiger partial charge in [-0.3, -0.25) is 0 Å². The molecular formula is C13H18FN. The summed E-state index contributed by atoms with van der Waals surface area (Å²) in [7, 11) is 0. The summed E-state index contributed by atoms with van der Waals surface area (Å²) in [5, 5.41) is 3.31. The third kappa shape index (κ3) is 4.26. The first-order valence-corrected chi connectivity index (χ1v) is 5.22. The molecule has 1 aromatic rings. The summed E-state index contributed by atoms with van der Waals surface area (Å²) in [5.74, 6) is -0.177. The van der Waals surface area contributed by atoms with Gasteiger partial charge in [-0.2, -0.15) is 0 Å². The fraction of sp³-hybridized carbons (Fsp3) is 0.385. The zero-order valence-electron chi connectivity index (χ0n) is 9.55. The largest absolute Gasteiger partial charge is 0.307 e. The highest BCUT2D eigenvalue weighted by atomic mass is 19.1. The zero-order chi connectivity index (χ0) is 11.3. The monoisotopic (exact) mass is 207 g/mol. The molecule has 0 aliphatic carbocycles. The maximum Gasteiger partial charge on any atom is 0.123 e. The number of hydrogen-bond donors (Lipinski definition) is 1. The molecule has 0 radical (unpaired) electrons. The van der Waals surface area contributed by atoms with Crippen LogP contribution in [0.3, 0.4) is 0 Å². The molecule has 0 saturated carbocycles. The quantitative estimate of drug-likeness (QED) is 0.746. The smallest absolute Gasteiger partial charge is 0.123 e. The molecule has 15 heavy (non-hydrogen) atoms. The van der Waals surface area contributed by atoms with E-state index in [1.807, 2.05) is 13.0 Å². The van der Waals surface area contributed by atoms with Crippen LogP contribution in [0.2, 0.25) is 0 Å². The summed E-state index contributed by atoms with van der Waals surface area (Å²) >= 11 is 0. The third-order valence-electron chi connectivity index (χ3n) is 2.28. The average molecular weight is 207 g/mol. The van der Waals surface area contributed by atoms with Gasteiger partial charge >= 0.3 is 0 Å². The van der Waals surface area contributed by atoms with Crippen LogP contribution in [-0.2, 0) is 0 Å². The summed E-state index contributed by atoms with van der Waals surface area (Å²) in [5.41, 5.74) is 2.27. The van der Waals surface area contributed by atoms with E-state index in [-0.39, 0.29) is 11.9 Å². The standard InChI is InChI=1S/C13H18FN/c1-10(2)7-8-15-11(3)12-5-4-6-13(14)9-12/h4-7,9,11,15H,8H2,1-3H3/t11-/m1/s1. The van der Waals surface area contributed by atoms with E-state index in [2.05, 4.69) is 25.2 Å². The second kappa shape index (κ2) is 5.66. The van der Waals surface area contributed by atoms with Crippen molar-refractivity contribution >= 4 is 0 Å². The van der Waals surface area contributed by atoms with Crippen LogP contribution in [0.4, 0.5) is 4.39 Å². The third-order valence-corrected chi connectivity index (χ3v) is 2.28. The molecule has 0 aliphatic heterocycles. The van der Waals surface area contributed by atoms with Crippen LogP contribution in [0.5, 0.6) is 0 Å². The molecule has 2 heteroatoms. The Kier molecular flexibility index (Phi) is 4.50. The molecule has 1 nitrogen and oxygen atoms in total. The molecule has 0 saturated heterocycles. The van der Waals surface area contributed by atoms with Crippen molar-refractivity contribution in [1.29, 1.82) is 0 Å². The van der Waals surface area contributed by atoms with Crippen molar-refractivity contribution in [3.63, 3.8) is 0 Å². The first-order valence-electron chi connectivity index (χ1n) is 5.22. The van der Waals surface area contributed by atoms with Crippen LogP contribution in [0, 0.1) is 5.82 Å². The van der Waals surface area contributed by atoms with Gasteiger partial charge in [0.05, 0.1) is 0 Å². The molecular weight excluding hydrogens is 189 g/mol. The van der Waals surface area contributed by atoms with Gasteiger partial charge < -0.3 is 5.32 Å². The Morgan fingerprint density at radius 1 is 1.47 bits per heavy atom. The molecule has 0 spiro atoms. The minimum atomic E-state index is -0.177. The highest BCUT2D eigenvalue weighted by Crippen LogP contribution is 2.12. The molecule has 0 bridgehead atoms. The Labute approximate surface area is 91.0 Å². The molecule has 82 valence electrons. The lowest BCUT2D eigenvalue weighted by Crippen LogP contribution is -2.18. The van der Waals surface area contributed by atoms with E-state index in [0.29, 0.717) is 0 Å². The highest BCUT2D eigenvalue weighted by molar-refractivity contribution is 5.19. The minimum absolute atomic E-state index is 0.177. The number of halogens is 1. The van der Waals surface area contributed by atoms with Crippen LogP contribution in [0.1, 0.15) is 32.4 Å². The first-order chi connectivity index (χ1) is 7.09. The molecule has 1 N–H and O–H groups in total. The van der Waals surface area contributed by atoms with Crippen molar-refractivity contribution in [2.75, 3.05) is 6.54 Å². The van der Waals surface area contributed by atoms with Crippen molar-refractivity contribution in [2.24, 2.45) is 0 Å². The van der Waals surface area contributed by atoms with Crippen molar-refractivity contribution in [3.05, 3.63) is 47.3 Å². The van der Waals surface area contributed by atoms with Gasteiger partial charge in [-0.25, -0.2) is 4.39 Å². The molecule has 0 aliphatic rings. The predicted octanol–water partition coefficient (Wildman–Crippen LogP) is 3.44. The van der Waals surface area contributed by atoms with Gasteiger partial charge in [-0.15, -0.1) is 0 Å². The lowest BCUT2D eigenvalue weighted by molar-refractivity contribution is 0.594. The van der Waals surface area contributed by atoms with Crippen LogP contribution in [0.15, 0.2) is 35.9 Å². The second-order valence-corrected chi connectivity index (χ2v) is 3.97. The van der Waals surface area contributed by atoms with E-state index < -0.39 is 0 Å². The van der Waals surface area contributed by atoms with Crippen molar-refractivity contribution in [1.82, 2.24) is 5.32 Å². The Morgan fingerprint density at radius 2 is 2.20 bits per heavy atom. The lowest BCUT2D eigenvalue weighted by Gasteiger charge is -2.12. The number of rotatable bonds is 4. The Bertz CT molecular complexity index is 340. The molecule has 0 aromatic heterocycles. The fourth-order valence-corrected chi connectivity index (χ4v) is 1.33. The minimum Gasteiger partial charge on any atom is -0.307 e. The van der Waals surface area contributed by atoms with Crippen LogP contribution < -0.4 is 5.32 Å². The number of nitrogens with one attached hydrogen (secondary N) is 1. The summed E-state index contributed by atoms with van der Waals surface area (Å²) in [6.07, 6.45) is 2.12. The first kappa shape index (κ1) is 11.9. The van der Waals surface area contributed by atoms with Gasteiger partial charge in [0.1, 0.15) is 5.82 Å². The van der Waals surface area contributed by atoms with E-state index in [4.69, 9.17) is 0 Å². The van der Waals surface area contributed by atoms with Gasteiger partial charge in [0.2, 0.25) is 0 Å². The topological polar surface area (TPSA) is 12.0 Å². The Morgan fingerprint density at radius 3 is 2.80 bits per heavy atom. The second-order valence-electron chi connectivity index (χ2n) is 3.97. The van der Waals surface area contributed by atoms with Crippen LogP contribution >= 0.6 is 0 Å². The molecule has 1 aromatic carbocycles. The van der Waals surface area contributed by atoms with Crippen LogP contribution in [0.25, 0.3) is 0 Å². The molecule has 1 atom stereocenters. The van der Waals surface area contributed by atoms with Gasteiger partial charge in [0, 0.05) is 12.6 Å². The summed E-state index contributed by atoms with van der Waals surface area (Å²) < 4.78 is 12.9. The van der Waals surface area contributed by atoms with E-state index in [1.54, 1.807) is 12.1 Å². The van der Waals surface area contributed by atoms with E-state index in [1.165, 1.54) is 11.6 Å². The SMILES string of the molecule is CC(C)=CCN[C@H](C)c1cccc(F)c1. The maximum absolute atomic E-state index is 12.9. The fourth-order valence-electron chi connectivity index (χ4n) is 1.33. The molecule has 1 rings (SSSR count). The van der Waals surface area contributed by atoms with E-state index >= 15 is 0 Å². The molecule has 0 unspecified atom stereocenters. The number of hydrogen-bond acceptors (Lipinski definition) is 1. The maximum atomic E-state index is 12.9. The van der Waals surface area contributed by atoms with E-state index in [0.717, 1.165) is 12.1 Å². The van der Waals surface area contributed by atoms with Crippen molar-refractivity contribution < 1.29 is 4.39 Å². The Hall–Kier alpha value is -1.15. The highest BCUT2D eigenvalue weighted by Gasteiger charge is 2.03. The zero-order valence-corrected chi connectivity index (χ0v) is 9.55. The van der Waals surface area contributed by atoms with Gasteiger partial charge in [-0.05, 0) is 38.5 Å². The molecule has 0 fully saturated rings. The van der Waals surface area contributed by atoms with Crippen molar-refractivity contribution in [2.45, 2.75) is 26.8 Å². The van der Waals surface area contributed by atoms with E-state index in [9.17, 15) is 4.39 Å². The normalized spacial score (nSPS) is 12.3. The molecule has 0 amide bonds. The number of allylic oxidation sites excluding steroid dienone is 1. The average Bonchev–Trinajstić information content (AvgIpc) is 2.17. The van der Waals surface area contributed by atoms with Gasteiger partial charge in [0.25, 0.3) is 0 Å². The van der Waals surface area contributed by atoms with Gasteiger partial charge in [-0.1, -0.05) is 23.8 Å².